The highest BCUT2D eigenvalue weighted by atomic mass is 16.5. The van der Waals surface area contributed by atoms with E-state index in [-0.39, 0.29) is 44.9 Å². The second kappa shape index (κ2) is 25.7. The van der Waals surface area contributed by atoms with Gasteiger partial charge in [0.05, 0.1) is 39.3 Å². The Morgan fingerprint density at radius 3 is 1.66 bits per heavy atom. The number of carboxylic acids is 5. The fourth-order valence-electron chi connectivity index (χ4n) is 5.49. The van der Waals surface area contributed by atoms with Crippen LogP contribution >= 0.6 is 0 Å². The molecule has 1 atom stereocenters. The summed E-state index contributed by atoms with van der Waals surface area (Å²) in [5, 5.41) is 49.6. The lowest BCUT2D eigenvalue weighted by Crippen LogP contribution is -2.51. The average Bonchev–Trinajstić information content (AvgIpc) is 3.01. The third kappa shape index (κ3) is 22.4. The van der Waals surface area contributed by atoms with Crippen molar-refractivity contribution in [3.8, 4) is 5.75 Å². The molecule has 16 nitrogen and oxygen atoms in total. The predicted octanol–water partition coefficient (Wildman–Crippen LogP) is 1.95. The lowest BCUT2D eigenvalue weighted by molar-refractivity contribution is -0.144. The number of ether oxygens (including phenoxy) is 1. The molecule has 0 heterocycles. The van der Waals surface area contributed by atoms with Crippen LogP contribution in [-0.2, 0) is 35.2 Å². The third-order valence-electron chi connectivity index (χ3n) is 7.82. The molecule has 0 fully saturated rings. The van der Waals surface area contributed by atoms with E-state index in [1.165, 1.54) is 14.7 Å². The maximum atomic E-state index is 12.7. The van der Waals surface area contributed by atoms with Crippen molar-refractivity contribution in [2.24, 2.45) is 0 Å². The van der Waals surface area contributed by atoms with Gasteiger partial charge >= 0.3 is 29.8 Å². The van der Waals surface area contributed by atoms with Crippen LogP contribution in [0.4, 0.5) is 0 Å². The summed E-state index contributed by atoms with van der Waals surface area (Å²) in [5.41, 5.74) is 0.742. The SMILES string of the molecule is CCOc1ccc(CC(CN(CCN(CC(=O)O)CC(=O)NCCCCCCCCCCC(=O)O)CC(=O)O)N(CC(=O)O)CC(=O)O)cc1. The lowest BCUT2D eigenvalue weighted by Gasteiger charge is -2.34. The number of unbranched alkanes of at least 4 members (excludes halogenated alkanes) is 7. The van der Waals surface area contributed by atoms with Crippen molar-refractivity contribution in [3.63, 3.8) is 0 Å². The number of carbonyl (C=O) groups excluding carboxylic acids is 1. The Kier molecular flexibility index (Phi) is 22.4. The second-order valence-corrected chi connectivity index (χ2v) is 12.2. The normalized spacial score (nSPS) is 11.8. The number of hydrogen-bond acceptors (Lipinski definition) is 10. The van der Waals surface area contributed by atoms with Crippen LogP contribution in [0, 0.1) is 0 Å². The van der Waals surface area contributed by atoms with E-state index in [0.717, 1.165) is 50.5 Å². The molecule has 16 heteroatoms. The smallest absolute Gasteiger partial charge is 0.317 e. The number of carboxylic acid groups (broad SMARTS) is 5. The first-order chi connectivity index (χ1) is 23.8. The van der Waals surface area contributed by atoms with E-state index in [4.69, 9.17) is 9.84 Å². The molecule has 50 heavy (non-hydrogen) atoms. The lowest BCUT2D eigenvalue weighted by atomic mass is 10.0. The number of rotatable bonds is 31. The minimum atomic E-state index is -1.25. The van der Waals surface area contributed by atoms with Crippen molar-refractivity contribution >= 4 is 35.8 Å². The standard InChI is InChI=1S/C34H54N4O12/c1-2-50-28-14-12-26(13-15-28)19-27(38(24-33(46)47)25-34(48)49)20-36(22-31(42)43)17-18-37(23-32(44)45)21-29(39)35-16-10-8-6-4-3-5-7-9-11-30(40)41/h12-15,27H,2-11,16-25H2,1H3,(H,35,39)(H,40,41)(H,42,43)(H,44,45)(H,46,47)(H,48,49). The van der Waals surface area contributed by atoms with Crippen LogP contribution < -0.4 is 10.1 Å². The van der Waals surface area contributed by atoms with E-state index in [0.29, 0.717) is 25.3 Å². The van der Waals surface area contributed by atoms with E-state index < -0.39 is 62.1 Å². The molecule has 1 rings (SSSR count). The van der Waals surface area contributed by atoms with Gasteiger partial charge in [-0.25, -0.2) is 0 Å². The minimum absolute atomic E-state index is 0.00704. The number of carbonyl (C=O) groups is 6. The van der Waals surface area contributed by atoms with E-state index >= 15 is 0 Å². The summed E-state index contributed by atoms with van der Waals surface area (Å²) < 4.78 is 5.47. The molecule has 0 aliphatic heterocycles. The summed E-state index contributed by atoms with van der Waals surface area (Å²) in [4.78, 5) is 74.1. The van der Waals surface area contributed by atoms with Gasteiger partial charge in [-0.3, -0.25) is 43.5 Å². The van der Waals surface area contributed by atoms with Crippen molar-refractivity contribution in [2.45, 2.75) is 77.2 Å². The molecule has 6 N–H and O–H groups in total. The molecule has 0 aliphatic carbocycles. The number of nitrogens with one attached hydrogen (secondary N) is 1. The summed E-state index contributed by atoms with van der Waals surface area (Å²) in [7, 11) is 0. The predicted molar refractivity (Wildman–Crippen MR) is 182 cm³/mol. The average molecular weight is 711 g/mol. The monoisotopic (exact) mass is 710 g/mol. The molecule has 1 aromatic carbocycles. The first kappa shape index (κ1) is 43.7. The van der Waals surface area contributed by atoms with Gasteiger partial charge in [-0.15, -0.1) is 0 Å². The van der Waals surface area contributed by atoms with Crippen LogP contribution in [0.3, 0.4) is 0 Å². The van der Waals surface area contributed by atoms with Crippen molar-refractivity contribution < 1.29 is 59.0 Å². The molecule has 0 radical (unpaired) electrons. The molecule has 1 amide bonds. The molecule has 1 aromatic rings. The summed E-state index contributed by atoms with van der Waals surface area (Å²) >= 11 is 0. The Morgan fingerprint density at radius 1 is 0.640 bits per heavy atom. The fourth-order valence-corrected chi connectivity index (χ4v) is 5.49. The van der Waals surface area contributed by atoms with Crippen molar-refractivity contribution in [1.29, 1.82) is 0 Å². The maximum absolute atomic E-state index is 12.7. The molecule has 1 unspecified atom stereocenters. The van der Waals surface area contributed by atoms with Gasteiger partial charge in [-0.05, 0) is 43.9 Å². The topological polar surface area (TPSA) is 235 Å². The molecule has 0 saturated heterocycles. The number of nitrogens with zero attached hydrogens (tertiary/aromatic N) is 3. The number of benzene rings is 1. The van der Waals surface area contributed by atoms with Gasteiger partial charge < -0.3 is 35.6 Å². The molecule has 0 aromatic heterocycles. The highest BCUT2D eigenvalue weighted by Gasteiger charge is 2.27. The van der Waals surface area contributed by atoms with Crippen LogP contribution in [0.2, 0.25) is 0 Å². The Morgan fingerprint density at radius 2 is 1.14 bits per heavy atom. The van der Waals surface area contributed by atoms with Crippen LogP contribution in [0.15, 0.2) is 24.3 Å². The largest absolute Gasteiger partial charge is 0.494 e. The van der Waals surface area contributed by atoms with Gasteiger partial charge in [-0.1, -0.05) is 50.7 Å². The zero-order valence-electron chi connectivity index (χ0n) is 29.0. The summed E-state index contributed by atoms with van der Waals surface area (Å²) in [6.07, 6.45) is 7.61. The van der Waals surface area contributed by atoms with E-state index in [9.17, 15) is 49.2 Å². The third-order valence-corrected chi connectivity index (χ3v) is 7.82. The zero-order valence-corrected chi connectivity index (χ0v) is 29.0. The van der Waals surface area contributed by atoms with Crippen molar-refractivity contribution in [3.05, 3.63) is 29.8 Å². The molecule has 282 valence electrons. The second-order valence-electron chi connectivity index (χ2n) is 12.2. The number of hydrogen-bond donors (Lipinski definition) is 6. The van der Waals surface area contributed by atoms with Crippen LogP contribution in [-0.4, -0.2) is 148 Å². The maximum Gasteiger partial charge on any atom is 0.317 e. The van der Waals surface area contributed by atoms with Gasteiger partial charge in [0.2, 0.25) is 5.91 Å². The Hall–Kier alpha value is -4.28. The molecule has 0 aliphatic rings. The fraction of sp³-hybridized carbons (Fsp3) is 0.647. The number of amides is 1. The van der Waals surface area contributed by atoms with Crippen molar-refractivity contribution in [1.82, 2.24) is 20.0 Å². The molecule has 0 saturated carbocycles. The highest BCUT2D eigenvalue weighted by Crippen LogP contribution is 2.17. The Labute approximate surface area is 293 Å². The summed E-state index contributed by atoms with van der Waals surface area (Å²) in [6.45, 7) is 0.289. The molecular formula is C34H54N4O12. The van der Waals surface area contributed by atoms with Gasteiger partial charge in [-0.2, -0.15) is 0 Å². The van der Waals surface area contributed by atoms with Gasteiger partial charge in [0, 0.05) is 38.6 Å². The molecular weight excluding hydrogens is 656 g/mol. The molecule has 0 spiro atoms. The van der Waals surface area contributed by atoms with E-state index in [1.54, 1.807) is 24.3 Å². The first-order valence-electron chi connectivity index (χ1n) is 17.0. The van der Waals surface area contributed by atoms with Crippen molar-refractivity contribution in [2.75, 3.05) is 65.5 Å². The van der Waals surface area contributed by atoms with Gasteiger partial charge in [0.1, 0.15) is 5.75 Å². The Balaban J connectivity index is 2.84. The van der Waals surface area contributed by atoms with E-state index in [2.05, 4.69) is 5.32 Å². The summed E-state index contributed by atoms with van der Waals surface area (Å²) in [5.74, 6) is -5.40. The van der Waals surface area contributed by atoms with Crippen LogP contribution in [0.5, 0.6) is 5.75 Å². The quantitative estimate of drug-likeness (QED) is 0.0605. The van der Waals surface area contributed by atoms with Gasteiger partial charge in [0.25, 0.3) is 0 Å². The van der Waals surface area contributed by atoms with Gasteiger partial charge in [0.15, 0.2) is 0 Å². The van der Waals surface area contributed by atoms with E-state index in [1.807, 2.05) is 6.92 Å². The Bertz CT molecular complexity index is 1180. The zero-order chi connectivity index (χ0) is 37.3. The summed E-state index contributed by atoms with van der Waals surface area (Å²) in [6, 6.07) is 6.25. The van der Waals surface area contributed by atoms with Crippen LogP contribution in [0.25, 0.3) is 0 Å². The minimum Gasteiger partial charge on any atom is -0.494 e. The highest BCUT2D eigenvalue weighted by molar-refractivity contribution is 5.79. The van der Waals surface area contributed by atoms with Crippen LogP contribution in [0.1, 0.15) is 70.3 Å². The first-order valence-corrected chi connectivity index (χ1v) is 17.0. The number of aliphatic carboxylic acids is 5. The molecule has 0 bridgehead atoms.